The number of hydrogen-bond acceptors (Lipinski definition) is 3. The molecule has 0 atom stereocenters. The molecule has 4 nitrogen and oxygen atoms in total. The third-order valence-corrected chi connectivity index (χ3v) is 5.32. The minimum absolute atomic E-state index is 0.257. The van der Waals surface area contributed by atoms with Gasteiger partial charge in [0.05, 0.1) is 21.1 Å². The van der Waals surface area contributed by atoms with Crippen molar-refractivity contribution in [1.29, 1.82) is 0 Å². The zero-order valence-electron chi connectivity index (χ0n) is 18.2. The summed E-state index contributed by atoms with van der Waals surface area (Å²) in [6.45, 7) is 0.930. The van der Waals surface area contributed by atoms with E-state index in [0.717, 1.165) is 35.4 Å². The predicted molar refractivity (Wildman–Crippen MR) is 119 cm³/mol. The first-order valence-corrected chi connectivity index (χ1v) is 10.9. The van der Waals surface area contributed by atoms with Crippen molar-refractivity contribution in [3.8, 4) is 11.5 Å². The molecule has 2 aromatic carbocycles. The van der Waals surface area contributed by atoms with E-state index < -0.39 is 7.32 Å². The normalized spacial score (nSPS) is 17.1. The average molecular weight is 396 g/mol. The van der Waals surface area contributed by atoms with Crippen molar-refractivity contribution in [3.63, 3.8) is 0 Å². The van der Waals surface area contributed by atoms with Crippen LogP contribution in [0.5, 0.6) is 11.5 Å². The summed E-state index contributed by atoms with van der Waals surface area (Å²) in [6, 6.07) is 19.6. The quantitative estimate of drug-likeness (QED) is 0.446. The molecule has 5 heteroatoms. The molecule has 1 saturated carbocycles. The van der Waals surface area contributed by atoms with E-state index in [0.29, 0.717) is 0 Å². The molecule has 1 aliphatic rings. The fourth-order valence-electron chi connectivity index (χ4n) is 4.22. The Kier molecular flexibility index (Phi) is 7.62. The van der Waals surface area contributed by atoms with Crippen LogP contribution in [0.1, 0.15) is 44.9 Å². The molecule has 0 heterocycles. The highest BCUT2D eigenvalue weighted by Gasteiger charge is 2.44. The molecule has 156 valence electrons. The topological polar surface area (TPSA) is 27.7 Å². The number of nitrogens with zero attached hydrogens (tertiary/aromatic N) is 1. The van der Waals surface area contributed by atoms with Crippen LogP contribution in [0.3, 0.4) is 0 Å². The van der Waals surface area contributed by atoms with Crippen LogP contribution < -0.4 is 9.31 Å². The Labute approximate surface area is 176 Å². The number of para-hydroxylation sites is 2. The summed E-state index contributed by atoms with van der Waals surface area (Å²) in [5.74, 6) is 1.50. The zero-order valence-corrected chi connectivity index (χ0v) is 18.2. The second-order valence-electron chi connectivity index (χ2n) is 9.17. The Morgan fingerprint density at radius 1 is 0.724 bits per heavy atom. The van der Waals surface area contributed by atoms with Gasteiger partial charge in [-0.05, 0) is 37.1 Å². The summed E-state index contributed by atoms with van der Waals surface area (Å²) in [6.07, 6.45) is 8.31. The highest BCUT2D eigenvalue weighted by molar-refractivity contribution is 6.38. The molecule has 0 amide bonds. The molecule has 0 aliphatic heterocycles. The van der Waals surface area contributed by atoms with Gasteiger partial charge in [-0.25, -0.2) is 0 Å². The van der Waals surface area contributed by atoms with E-state index in [2.05, 4.69) is 21.1 Å². The lowest BCUT2D eigenvalue weighted by Crippen LogP contribution is -2.55. The average Bonchev–Trinajstić information content (AvgIpc) is 2.65. The van der Waals surface area contributed by atoms with Crippen molar-refractivity contribution < 1.29 is 18.4 Å². The SMILES string of the molecule is C[N+](C)(C)CC1(OB(Oc2ccccc2)Oc2ccccc2)CCCCCCC1. The standard InChI is InChI=1S/C24H35BNO3/c1-26(2,3)21-24(19-13-5-4-6-14-20-24)29-25(27-22-15-9-7-10-16-22)28-23-17-11-8-12-18-23/h7-12,15-18H,4-6,13-14,19-21H2,1-3H3/q+1. The molecule has 0 unspecified atom stereocenters. The van der Waals surface area contributed by atoms with Crippen molar-refractivity contribution in [1.82, 2.24) is 0 Å². The van der Waals surface area contributed by atoms with Crippen molar-refractivity contribution in [2.75, 3.05) is 27.7 Å². The Morgan fingerprint density at radius 2 is 1.17 bits per heavy atom. The molecule has 3 rings (SSSR count). The molecule has 0 aromatic heterocycles. The van der Waals surface area contributed by atoms with E-state index in [1.165, 1.54) is 32.1 Å². The Bertz CT molecular complexity index is 668. The zero-order chi connectivity index (χ0) is 20.6. The summed E-state index contributed by atoms with van der Waals surface area (Å²) in [5.41, 5.74) is -0.257. The van der Waals surface area contributed by atoms with Crippen LogP contribution in [-0.2, 0) is 4.65 Å². The maximum absolute atomic E-state index is 6.74. The van der Waals surface area contributed by atoms with Gasteiger partial charge in [0.15, 0.2) is 0 Å². The molecule has 2 aromatic rings. The Balaban J connectivity index is 1.84. The minimum Gasteiger partial charge on any atom is -0.501 e. The largest absolute Gasteiger partial charge is 0.788 e. The first-order valence-electron chi connectivity index (χ1n) is 10.9. The van der Waals surface area contributed by atoms with E-state index in [-0.39, 0.29) is 5.60 Å². The third kappa shape index (κ3) is 7.41. The van der Waals surface area contributed by atoms with Gasteiger partial charge in [-0.15, -0.1) is 0 Å². The van der Waals surface area contributed by atoms with Crippen LogP contribution in [0.2, 0.25) is 0 Å². The molecule has 29 heavy (non-hydrogen) atoms. The van der Waals surface area contributed by atoms with E-state index in [1.807, 2.05) is 60.7 Å². The molecule has 0 spiro atoms. The van der Waals surface area contributed by atoms with E-state index in [9.17, 15) is 0 Å². The smallest absolute Gasteiger partial charge is 0.501 e. The number of likely N-dealkylation sites (N-methyl/N-ethyl adjacent to an activating group) is 1. The lowest BCUT2D eigenvalue weighted by molar-refractivity contribution is -0.877. The maximum Gasteiger partial charge on any atom is 0.788 e. The lowest BCUT2D eigenvalue weighted by Gasteiger charge is -2.41. The summed E-state index contributed by atoms with van der Waals surface area (Å²) in [4.78, 5) is 0. The van der Waals surface area contributed by atoms with Crippen molar-refractivity contribution >= 4 is 7.32 Å². The van der Waals surface area contributed by atoms with Gasteiger partial charge in [0.25, 0.3) is 0 Å². The molecule has 1 fully saturated rings. The molecular formula is C24H35BNO3+. The fourth-order valence-corrected chi connectivity index (χ4v) is 4.22. The van der Waals surface area contributed by atoms with Gasteiger partial charge in [-0.2, -0.15) is 0 Å². The van der Waals surface area contributed by atoms with Crippen LogP contribution in [0.15, 0.2) is 60.7 Å². The lowest BCUT2D eigenvalue weighted by atomic mass is 9.84. The van der Waals surface area contributed by atoms with Crippen molar-refractivity contribution in [2.45, 2.75) is 50.5 Å². The highest BCUT2D eigenvalue weighted by atomic mass is 16.7. The molecular weight excluding hydrogens is 361 g/mol. The van der Waals surface area contributed by atoms with Gasteiger partial charge in [0.2, 0.25) is 0 Å². The maximum atomic E-state index is 6.74. The molecule has 0 N–H and O–H groups in total. The van der Waals surface area contributed by atoms with Crippen LogP contribution in [0, 0.1) is 0 Å². The van der Waals surface area contributed by atoms with Crippen LogP contribution in [0.4, 0.5) is 0 Å². The summed E-state index contributed by atoms with van der Waals surface area (Å²) in [5, 5.41) is 0. The fraction of sp³-hybridized carbons (Fsp3) is 0.500. The molecule has 1 aliphatic carbocycles. The number of rotatable bonds is 8. The molecule has 0 radical (unpaired) electrons. The number of benzene rings is 2. The second kappa shape index (κ2) is 10.2. The van der Waals surface area contributed by atoms with Gasteiger partial charge in [0, 0.05) is 0 Å². The first-order chi connectivity index (χ1) is 13.9. The van der Waals surface area contributed by atoms with Crippen LogP contribution >= 0.6 is 0 Å². The summed E-state index contributed by atoms with van der Waals surface area (Å²) < 4.78 is 20.0. The van der Waals surface area contributed by atoms with E-state index >= 15 is 0 Å². The summed E-state index contributed by atoms with van der Waals surface area (Å²) >= 11 is 0. The van der Waals surface area contributed by atoms with Crippen molar-refractivity contribution in [3.05, 3.63) is 60.7 Å². The van der Waals surface area contributed by atoms with Gasteiger partial charge in [-0.3, -0.25) is 0 Å². The van der Waals surface area contributed by atoms with Gasteiger partial charge in [-0.1, -0.05) is 68.5 Å². The third-order valence-electron chi connectivity index (χ3n) is 5.32. The number of hydrogen-bond donors (Lipinski definition) is 0. The first kappa shape index (κ1) is 21.7. The van der Waals surface area contributed by atoms with Crippen LogP contribution in [-0.4, -0.2) is 45.1 Å². The predicted octanol–water partition coefficient (Wildman–Crippen LogP) is 5.34. The molecule has 0 bridgehead atoms. The molecule has 0 saturated heterocycles. The minimum atomic E-state index is -0.786. The second-order valence-corrected chi connectivity index (χ2v) is 9.17. The number of quaternary nitrogens is 1. The van der Waals surface area contributed by atoms with Gasteiger partial charge in [0.1, 0.15) is 23.6 Å². The van der Waals surface area contributed by atoms with E-state index in [4.69, 9.17) is 14.0 Å². The monoisotopic (exact) mass is 396 g/mol. The van der Waals surface area contributed by atoms with Gasteiger partial charge >= 0.3 is 7.32 Å². The summed E-state index contributed by atoms with van der Waals surface area (Å²) in [7, 11) is 5.91. The van der Waals surface area contributed by atoms with Crippen LogP contribution in [0.25, 0.3) is 0 Å². The Morgan fingerprint density at radius 3 is 1.62 bits per heavy atom. The van der Waals surface area contributed by atoms with Crippen molar-refractivity contribution in [2.24, 2.45) is 0 Å². The van der Waals surface area contributed by atoms with E-state index in [1.54, 1.807) is 0 Å². The highest BCUT2D eigenvalue weighted by Crippen LogP contribution is 2.33. The van der Waals surface area contributed by atoms with Gasteiger partial charge < -0.3 is 18.4 Å². The Hall–Kier alpha value is -1.98.